The normalized spacial score (nSPS) is 22.4. The SMILES string of the molecule is COc1ccc(/C(O)=C2\C(=O)C(=O)N(CC3CCCO3)C2c2ccccc2OC)c(C)c1. The van der Waals surface area contributed by atoms with Gasteiger partial charge in [0.2, 0.25) is 0 Å². The van der Waals surface area contributed by atoms with E-state index in [2.05, 4.69) is 0 Å². The highest BCUT2D eigenvalue weighted by molar-refractivity contribution is 6.46. The van der Waals surface area contributed by atoms with Gasteiger partial charge in [-0.2, -0.15) is 0 Å². The summed E-state index contributed by atoms with van der Waals surface area (Å²) in [5.74, 6) is -0.404. The molecule has 4 rings (SSSR count). The van der Waals surface area contributed by atoms with Crippen LogP contribution in [0.4, 0.5) is 0 Å². The van der Waals surface area contributed by atoms with E-state index in [0.717, 1.165) is 18.4 Å². The van der Waals surface area contributed by atoms with Crippen molar-refractivity contribution in [2.24, 2.45) is 0 Å². The van der Waals surface area contributed by atoms with Crippen LogP contribution in [0.25, 0.3) is 5.76 Å². The zero-order valence-corrected chi connectivity index (χ0v) is 18.5. The predicted molar refractivity (Wildman–Crippen MR) is 119 cm³/mol. The fraction of sp³-hybridized carbons (Fsp3) is 0.360. The van der Waals surface area contributed by atoms with Gasteiger partial charge in [0.1, 0.15) is 17.3 Å². The number of nitrogens with zero attached hydrogens (tertiary/aromatic N) is 1. The number of para-hydroxylation sites is 1. The summed E-state index contributed by atoms with van der Waals surface area (Å²) in [6.07, 6.45) is 1.59. The van der Waals surface area contributed by atoms with Gasteiger partial charge < -0.3 is 24.2 Å². The molecule has 0 bridgehead atoms. The van der Waals surface area contributed by atoms with Crippen LogP contribution >= 0.6 is 0 Å². The number of hydrogen-bond donors (Lipinski definition) is 1. The lowest BCUT2D eigenvalue weighted by Gasteiger charge is -2.28. The fourth-order valence-electron chi connectivity index (χ4n) is 4.47. The van der Waals surface area contributed by atoms with Crippen molar-refractivity contribution in [2.45, 2.75) is 31.9 Å². The highest BCUT2D eigenvalue weighted by Crippen LogP contribution is 2.43. The molecular weight excluding hydrogens is 410 g/mol. The molecule has 0 aliphatic carbocycles. The van der Waals surface area contributed by atoms with Gasteiger partial charge in [-0.3, -0.25) is 9.59 Å². The maximum atomic E-state index is 13.2. The minimum absolute atomic E-state index is 0.0470. The number of carbonyl (C=O) groups excluding carboxylic acids is 2. The molecule has 2 unspecified atom stereocenters. The first-order valence-electron chi connectivity index (χ1n) is 10.6. The lowest BCUT2D eigenvalue weighted by atomic mass is 9.93. The number of likely N-dealkylation sites (tertiary alicyclic amines) is 1. The molecule has 0 saturated carbocycles. The van der Waals surface area contributed by atoms with Gasteiger partial charge in [0, 0.05) is 24.3 Å². The number of benzene rings is 2. The first-order valence-corrected chi connectivity index (χ1v) is 10.6. The fourth-order valence-corrected chi connectivity index (χ4v) is 4.47. The van der Waals surface area contributed by atoms with Gasteiger partial charge in [-0.25, -0.2) is 0 Å². The standard InChI is InChI=1S/C25H27NO6/c1-15-13-16(30-2)10-11-18(15)23(27)21-22(19-8-4-5-9-20(19)31-3)26(25(29)24(21)28)14-17-7-6-12-32-17/h4-5,8-11,13,17,22,27H,6-7,12,14H2,1-3H3/b23-21+. The summed E-state index contributed by atoms with van der Waals surface area (Å²) in [7, 11) is 3.10. The average molecular weight is 437 g/mol. The summed E-state index contributed by atoms with van der Waals surface area (Å²) >= 11 is 0. The molecule has 2 atom stereocenters. The molecule has 1 N–H and O–H groups in total. The molecule has 2 saturated heterocycles. The van der Waals surface area contributed by atoms with Crippen molar-refractivity contribution in [3.63, 3.8) is 0 Å². The van der Waals surface area contributed by atoms with E-state index in [9.17, 15) is 14.7 Å². The Bertz CT molecular complexity index is 1070. The Labute approximate surface area is 187 Å². The zero-order valence-electron chi connectivity index (χ0n) is 18.5. The molecule has 2 fully saturated rings. The largest absolute Gasteiger partial charge is 0.507 e. The van der Waals surface area contributed by atoms with Gasteiger partial charge in [-0.1, -0.05) is 18.2 Å². The predicted octanol–water partition coefficient (Wildman–Crippen LogP) is 3.61. The van der Waals surface area contributed by atoms with E-state index >= 15 is 0 Å². The Morgan fingerprint density at radius 1 is 1.16 bits per heavy atom. The molecule has 0 spiro atoms. The van der Waals surface area contributed by atoms with E-state index < -0.39 is 17.7 Å². The Hall–Kier alpha value is -3.32. The Balaban J connectivity index is 1.87. The lowest BCUT2D eigenvalue weighted by molar-refractivity contribution is -0.140. The van der Waals surface area contributed by atoms with Crippen LogP contribution in [0.1, 0.15) is 35.6 Å². The molecule has 0 radical (unpaired) electrons. The second-order valence-corrected chi connectivity index (χ2v) is 8.01. The van der Waals surface area contributed by atoms with E-state index in [1.807, 2.05) is 25.1 Å². The maximum absolute atomic E-state index is 13.2. The van der Waals surface area contributed by atoms with Crippen LogP contribution in [-0.2, 0) is 14.3 Å². The quantitative estimate of drug-likeness (QED) is 0.422. The van der Waals surface area contributed by atoms with Gasteiger partial charge in [-0.15, -0.1) is 0 Å². The molecule has 168 valence electrons. The monoisotopic (exact) mass is 437 g/mol. The number of Topliss-reactive ketones (excluding diaryl/α,β-unsaturated/α-hetero) is 1. The summed E-state index contributed by atoms with van der Waals surface area (Å²) < 4.78 is 16.5. The van der Waals surface area contributed by atoms with Crippen molar-refractivity contribution in [2.75, 3.05) is 27.4 Å². The molecule has 1 amide bonds. The third-order valence-corrected chi connectivity index (χ3v) is 6.09. The number of ketones is 1. The number of ether oxygens (including phenoxy) is 3. The number of carbonyl (C=O) groups is 2. The summed E-state index contributed by atoms with van der Waals surface area (Å²) in [6, 6.07) is 11.6. The number of aliphatic hydroxyl groups excluding tert-OH is 1. The molecule has 7 heteroatoms. The molecule has 2 aromatic carbocycles. The van der Waals surface area contributed by atoms with Crippen LogP contribution in [0.15, 0.2) is 48.0 Å². The van der Waals surface area contributed by atoms with Crippen LogP contribution in [0.5, 0.6) is 11.5 Å². The van der Waals surface area contributed by atoms with E-state index in [-0.39, 0.29) is 24.0 Å². The van der Waals surface area contributed by atoms with Crippen molar-refractivity contribution >= 4 is 17.4 Å². The number of aliphatic hydroxyl groups is 1. The van der Waals surface area contributed by atoms with Gasteiger partial charge in [-0.05, 0) is 49.6 Å². The van der Waals surface area contributed by atoms with Gasteiger partial charge in [0.25, 0.3) is 11.7 Å². The van der Waals surface area contributed by atoms with Crippen LogP contribution in [-0.4, -0.2) is 55.2 Å². The molecule has 2 aromatic rings. The topological polar surface area (TPSA) is 85.3 Å². The van der Waals surface area contributed by atoms with Crippen molar-refractivity contribution in [1.82, 2.24) is 4.90 Å². The second-order valence-electron chi connectivity index (χ2n) is 8.01. The molecule has 2 aliphatic rings. The molecule has 7 nitrogen and oxygen atoms in total. The van der Waals surface area contributed by atoms with Gasteiger partial charge >= 0.3 is 0 Å². The average Bonchev–Trinajstić information content (AvgIpc) is 3.41. The van der Waals surface area contributed by atoms with Crippen molar-refractivity contribution in [3.8, 4) is 11.5 Å². The Morgan fingerprint density at radius 2 is 1.94 bits per heavy atom. The van der Waals surface area contributed by atoms with Crippen LogP contribution in [0.2, 0.25) is 0 Å². The van der Waals surface area contributed by atoms with Crippen molar-refractivity contribution in [3.05, 3.63) is 64.7 Å². The van der Waals surface area contributed by atoms with E-state index in [1.165, 1.54) is 4.90 Å². The first-order chi connectivity index (χ1) is 15.5. The molecule has 2 heterocycles. The molecule has 32 heavy (non-hydrogen) atoms. The second kappa shape index (κ2) is 9.04. The zero-order chi connectivity index (χ0) is 22.8. The summed E-state index contributed by atoms with van der Waals surface area (Å²) in [4.78, 5) is 27.8. The van der Waals surface area contributed by atoms with E-state index in [4.69, 9.17) is 14.2 Å². The Morgan fingerprint density at radius 3 is 2.59 bits per heavy atom. The summed E-state index contributed by atoms with van der Waals surface area (Å²) in [5, 5.41) is 11.3. The summed E-state index contributed by atoms with van der Waals surface area (Å²) in [6.45, 7) is 2.72. The molecule has 0 aromatic heterocycles. The number of rotatable bonds is 6. The highest BCUT2D eigenvalue weighted by atomic mass is 16.5. The van der Waals surface area contributed by atoms with E-state index in [0.29, 0.717) is 29.2 Å². The maximum Gasteiger partial charge on any atom is 0.295 e. The minimum Gasteiger partial charge on any atom is -0.507 e. The van der Waals surface area contributed by atoms with Gasteiger partial charge in [0.05, 0.1) is 31.9 Å². The molecular formula is C25H27NO6. The van der Waals surface area contributed by atoms with E-state index in [1.54, 1.807) is 38.5 Å². The molecule has 2 aliphatic heterocycles. The highest BCUT2D eigenvalue weighted by Gasteiger charge is 2.48. The third-order valence-electron chi connectivity index (χ3n) is 6.09. The van der Waals surface area contributed by atoms with Crippen LogP contribution in [0, 0.1) is 6.92 Å². The summed E-state index contributed by atoms with van der Waals surface area (Å²) in [5.41, 5.74) is 1.89. The van der Waals surface area contributed by atoms with Crippen LogP contribution in [0.3, 0.4) is 0 Å². The third kappa shape index (κ3) is 3.84. The number of hydrogen-bond acceptors (Lipinski definition) is 6. The van der Waals surface area contributed by atoms with Crippen molar-refractivity contribution < 1.29 is 28.9 Å². The first kappa shape index (κ1) is 21.9. The minimum atomic E-state index is -0.781. The smallest absolute Gasteiger partial charge is 0.295 e. The van der Waals surface area contributed by atoms with Gasteiger partial charge in [0.15, 0.2) is 0 Å². The number of methoxy groups -OCH3 is 2. The van der Waals surface area contributed by atoms with Crippen LogP contribution < -0.4 is 9.47 Å². The number of aryl methyl sites for hydroxylation is 1. The Kier molecular flexibility index (Phi) is 6.19. The number of amides is 1. The van der Waals surface area contributed by atoms with Crippen molar-refractivity contribution in [1.29, 1.82) is 0 Å². The lowest BCUT2D eigenvalue weighted by Crippen LogP contribution is -2.36.